The average Bonchev–Trinajstić information content (AvgIpc) is 2.71. The summed E-state index contributed by atoms with van der Waals surface area (Å²) in [5.41, 5.74) is 0.727. The lowest BCUT2D eigenvalue weighted by Crippen LogP contribution is -2.33. The molecule has 0 saturated carbocycles. The van der Waals surface area contributed by atoms with E-state index < -0.39 is 0 Å². The third kappa shape index (κ3) is 5.35. The molecule has 0 radical (unpaired) electrons. The fourth-order valence-corrected chi connectivity index (χ4v) is 1.98. The number of amides is 2. The number of anilines is 1. The van der Waals surface area contributed by atoms with Crippen LogP contribution >= 0.6 is 0 Å². The number of hydrogen-bond donors (Lipinski definition) is 2. The monoisotopic (exact) mass is 308 g/mol. The van der Waals surface area contributed by atoms with Gasteiger partial charge in [0.15, 0.2) is 0 Å². The van der Waals surface area contributed by atoms with Gasteiger partial charge in [0.05, 0.1) is 11.2 Å². The summed E-state index contributed by atoms with van der Waals surface area (Å²) in [5, 5.41) is 10.5. The van der Waals surface area contributed by atoms with Crippen molar-refractivity contribution in [2.45, 2.75) is 72.8 Å². The third-order valence-electron chi connectivity index (χ3n) is 3.36. The lowest BCUT2D eigenvalue weighted by Gasteiger charge is -2.23. The highest BCUT2D eigenvalue weighted by Crippen LogP contribution is 2.28. The Morgan fingerprint density at radius 1 is 1.23 bits per heavy atom. The van der Waals surface area contributed by atoms with Crippen LogP contribution in [0.5, 0.6) is 0 Å². The summed E-state index contributed by atoms with van der Waals surface area (Å²) in [6, 6.07) is 1.79. The molecule has 2 amide bonds. The molecule has 22 heavy (non-hydrogen) atoms. The molecule has 1 rings (SSSR count). The predicted molar refractivity (Wildman–Crippen MR) is 92.4 cm³/mol. The van der Waals surface area contributed by atoms with Crippen LogP contribution in [0, 0.1) is 5.92 Å². The first kappa shape index (κ1) is 18.5. The number of rotatable bonds is 4. The molecule has 0 aliphatic heterocycles. The summed E-state index contributed by atoms with van der Waals surface area (Å²) in [6.45, 7) is 17.6. The SMILES string of the molecule is CC(C)CCNC(=O)Nc1cc(C(C)(C)C)nn1C(C)(C)C. The molecule has 5 heteroatoms. The topological polar surface area (TPSA) is 59.0 Å². The van der Waals surface area contributed by atoms with E-state index in [4.69, 9.17) is 0 Å². The normalized spacial score (nSPS) is 12.6. The van der Waals surface area contributed by atoms with Crippen molar-refractivity contribution in [3.05, 3.63) is 11.8 Å². The molecule has 0 spiro atoms. The number of nitrogens with zero attached hydrogens (tertiary/aromatic N) is 2. The molecule has 126 valence electrons. The van der Waals surface area contributed by atoms with Gasteiger partial charge in [-0.1, -0.05) is 34.6 Å². The minimum atomic E-state index is -0.190. The first-order valence-electron chi connectivity index (χ1n) is 8.07. The Morgan fingerprint density at radius 3 is 2.27 bits per heavy atom. The van der Waals surface area contributed by atoms with E-state index >= 15 is 0 Å². The zero-order chi connectivity index (χ0) is 17.1. The van der Waals surface area contributed by atoms with Gasteiger partial charge in [-0.05, 0) is 33.1 Å². The second-order valence-electron chi connectivity index (χ2n) is 8.31. The summed E-state index contributed by atoms with van der Waals surface area (Å²) in [4.78, 5) is 12.1. The van der Waals surface area contributed by atoms with Crippen molar-refractivity contribution in [2.75, 3.05) is 11.9 Å². The molecule has 5 nitrogen and oxygen atoms in total. The van der Waals surface area contributed by atoms with Crippen molar-refractivity contribution in [1.82, 2.24) is 15.1 Å². The highest BCUT2D eigenvalue weighted by Gasteiger charge is 2.25. The van der Waals surface area contributed by atoms with Crippen LogP contribution in [0.3, 0.4) is 0 Å². The molecule has 0 aliphatic carbocycles. The zero-order valence-corrected chi connectivity index (χ0v) is 15.4. The maximum Gasteiger partial charge on any atom is 0.320 e. The lowest BCUT2D eigenvalue weighted by molar-refractivity contribution is 0.251. The molecule has 2 N–H and O–H groups in total. The van der Waals surface area contributed by atoms with Gasteiger partial charge in [0.1, 0.15) is 5.82 Å². The number of carbonyl (C=O) groups is 1. The van der Waals surface area contributed by atoms with E-state index in [-0.39, 0.29) is 17.0 Å². The Balaban J connectivity index is 2.89. The quantitative estimate of drug-likeness (QED) is 0.879. The average molecular weight is 308 g/mol. The van der Waals surface area contributed by atoms with Gasteiger partial charge < -0.3 is 5.32 Å². The number of urea groups is 1. The molecule has 0 saturated heterocycles. The summed E-state index contributed by atoms with van der Waals surface area (Å²) in [6.07, 6.45) is 0.971. The Labute approximate surface area is 134 Å². The van der Waals surface area contributed by atoms with Gasteiger partial charge in [-0.3, -0.25) is 5.32 Å². The van der Waals surface area contributed by atoms with Crippen LogP contribution in [0.2, 0.25) is 0 Å². The minimum Gasteiger partial charge on any atom is -0.338 e. The van der Waals surface area contributed by atoms with E-state index in [1.165, 1.54) is 0 Å². The molecule has 0 aliphatic rings. The molecule has 1 heterocycles. The van der Waals surface area contributed by atoms with Gasteiger partial charge in [0, 0.05) is 18.0 Å². The summed E-state index contributed by atoms with van der Waals surface area (Å²) >= 11 is 0. The van der Waals surface area contributed by atoms with Crippen LogP contribution in [0.25, 0.3) is 0 Å². The molecular weight excluding hydrogens is 276 g/mol. The van der Waals surface area contributed by atoms with E-state index in [9.17, 15) is 4.79 Å². The van der Waals surface area contributed by atoms with Crippen molar-refractivity contribution in [2.24, 2.45) is 5.92 Å². The van der Waals surface area contributed by atoms with E-state index in [2.05, 4.69) is 71.1 Å². The smallest absolute Gasteiger partial charge is 0.320 e. The Bertz CT molecular complexity index is 504. The second kappa shape index (κ2) is 6.71. The predicted octanol–water partition coefficient (Wildman–Crippen LogP) is 4.10. The Kier molecular flexibility index (Phi) is 5.65. The number of aromatic nitrogens is 2. The van der Waals surface area contributed by atoms with Gasteiger partial charge in [0.2, 0.25) is 0 Å². The Hall–Kier alpha value is -1.52. The van der Waals surface area contributed by atoms with Gasteiger partial charge in [0.25, 0.3) is 0 Å². The van der Waals surface area contributed by atoms with Crippen molar-refractivity contribution >= 4 is 11.8 Å². The maximum atomic E-state index is 12.1. The fourth-order valence-electron chi connectivity index (χ4n) is 1.98. The standard InChI is InChI=1S/C17H32N4O/c1-12(2)9-10-18-15(22)19-14-11-13(16(3,4)5)20-21(14)17(6,7)8/h11-12H,9-10H2,1-8H3,(H2,18,19,22). The van der Waals surface area contributed by atoms with Gasteiger partial charge in [-0.25, -0.2) is 9.48 Å². The zero-order valence-electron chi connectivity index (χ0n) is 15.4. The first-order valence-corrected chi connectivity index (χ1v) is 8.07. The number of nitrogens with one attached hydrogen (secondary N) is 2. The maximum absolute atomic E-state index is 12.1. The highest BCUT2D eigenvalue weighted by atomic mass is 16.2. The van der Waals surface area contributed by atoms with Crippen molar-refractivity contribution < 1.29 is 4.79 Å². The van der Waals surface area contributed by atoms with Crippen LogP contribution < -0.4 is 10.6 Å². The van der Waals surface area contributed by atoms with Crippen LogP contribution in [0.15, 0.2) is 6.07 Å². The van der Waals surface area contributed by atoms with Gasteiger partial charge in [-0.15, -0.1) is 0 Å². The molecule has 0 unspecified atom stereocenters. The van der Waals surface area contributed by atoms with Crippen LogP contribution in [0.1, 0.15) is 67.5 Å². The second-order valence-corrected chi connectivity index (χ2v) is 8.31. The summed E-state index contributed by atoms with van der Waals surface area (Å²) < 4.78 is 1.88. The first-order chi connectivity index (χ1) is 9.91. The highest BCUT2D eigenvalue weighted by molar-refractivity contribution is 5.88. The van der Waals surface area contributed by atoms with Crippen molar-refractivity contribution in [3.8, 4) is 0 Å². The van der Waals surface area contributed by atoms with Crippen molar-refractivity contribution in [1.29, 1.82) is 0 Å². The molecular formula is C17H32N4O. The Morgan fingerprint density at radius 2 is 1.82 bits per heavy atom. The molecule has 0 atom stereocenters. The fraction of sp³-hybridized carbons (Fsp3) is 0.765. The van der Waals surface area contributed by atoms with E-state index in [0.717, 1.165) is 17.9 Å². The summed E-state index contributed by atoms with van der Waals surface area (Å²) in [5.74, 6) is 1.31. The van der Waals surface area contributed by atoms with Gasteiger partial charge >= 0.3 is 6.03 Å². The lowest BCUT2D eigenvalue weighted by atomic mass is 9.92. The number of hydrogen-bond acceptors (Lipinski definition) is 2. The summed E-state index contributed by atoms with van der Waals surface area (Å²) in [7, 11) is 0. The molecule has 0 fully saturated rings. The third-order valence-corrected chi connectivity index (χ3v) is 3.36. The molecule has 1 aromatic heterocycles. The van der Waals surface area contributed by atoms with E-state index in [1.54, 1.807) is 0 Å². The van der Waals surface area contributed by atoms with E-state index in [0.29, 0.717) is 12.5 Å². The minimum absolute atomic E-state index is 0.0545. The van der Waals surface area contributed by atoms with Crippen molar-refractivity contribution in [3.63, 3.8) is 0 Å². The van der Waals surface area contributed by atoms with Crippen LogP contribution in [-0.4, -0.2) is 22.4 Å². The van der Waals surface area contributed by atoms with Gasteiger partial charge in [-0.2, -0.15) is 5.10 Å². The van der Waals surface area contributed by atoms with E-state index in [1.807, 2.05) is 10.7 Å². The molecule has 1 aromatic rings. The molecule has 0 aromatic carbocycles. The van der Waals surface area contributed by atoms with Crippen LogP contribution in [-0.2, 0) is 11.0 Å². The largest absolute Gasteiger partial charge is 0.338 e. The van der Waals surface area contributed by atoms with Crippen LogP contribution in [0.4, 0.5) is 10.6 Å². The molecule has 0 bridgehead atoms. The number of carbonyl (C=O) groups excluding carboxylic acids is 1.